The second-order valence-corrected chi connectivity index (χ2v) is 3.31. The summed E-state index contributed by atoms with van der Waals surface area (Å²) in [4.78, 5) is 10.4. The summed E-state index contributed by atoms with van der Waals surface area (Å²) in [5.41, 5.74) is 6.06. The Kier molecular flexibility index (Phi) is 3.51. The van der Waals surface area contributed by atoms with E-state index >= 15 is 0 Å². The van der Waals surface area contributed by atoms with Crippen molar-refractivity contribution in [2.45, 2.75) is 18.9 Å². The van der Waals surface area contributed by atoms with Crippen LogP contribution in [0.1, 0.15) is 12.0 Å². The second-order valence-electron chi connectivity index (χ2n) is 3.31. The molecule has 1 atom stereocenters. The first kappa shape index (κ1) is 11.3. The van der Waals surface area contributed by atoms with E-state index in [-0.39, 0.29) is 11.5 Å². The van der Waals surface area contributed by atoms with Crippen molar-refractivity contribution >= 4 is 5.97 Å². The molecule has 0 heterocycles. The molecule has 0 unspecified atom stereocenters. The predicted molar refractivity (Wildman–Crippen MR) is 53.7 cm³/mol. The predicted octanol–water partition coefficient (Wildman–Crippen LogP) is 0.442. The highest BCUT2D eigenvalue weighted by atomic mass is 16.4. The second kappa shape index (κ2) is 4.65. The van der Waals surface area contributed by atoms with Gasteiger partial charge in [0, 0.05) is 0 Å². The molecule has 5 N–H and O–H groups in total. The standard InChI is InChI=1S/C10H13NO4/c11-7(10(14)15)3-1-6-2-4-8(12)9(13)5-6/h2,4-5,7,12-13H,1,3,11H2,(H,14,15)/t7-/m0/s1. The van der Waals surface area contributed by atoms with Crippen molar-refractivity contribution in [3.63, 3.8) is 0 Å². The quantitative estimate of drug-likeness (QED) is 0.541. The Morgan fingerprint density at radius 1 is 1.33 bits per heavy atom. The largest absolute Gasteiger partial charge is 0.504 e. The summed E-state index contributed by atoms with van der Waals surface area (Å²) >= 11 is 0. The molecule has 5 nitrogen and oxygen atoms in total. The lowest BCUT2D eigenvalue weighted by molar-refractivity contribution is -0.138. The van der Waals surface area contributed by atoms with Crippen molar-refractivity contribution < 1.29 is 20.1 Å². The first-order valence-electron chi connectivity index (χ1n) is 4.50. The van der Waals surface area contributed by atoms with Crippen molar-refractivity contribution in [2.24, 2.45) is 5.73 Å². The zero-order valence-corrected chi connectivity index (χ0v) is 8.05. The van der Waals surface area contributed by atoms with E-state index < -0.39 is 12.0 Å². The van der Waals surface area contributed by atoms with Gasteiger partial charge >= 0.3 is 5.97 Å². The maximum absolute atomic E-state index is 10.4. The summed E-state index contributed by atoms with van der Waals surface area (Å²) in [6, 6.07) is 3.46. The van der Waals surface area contributed by atoms with Gasteiger partial charge < -0.3 is 21.1 Å². The molecule has 5 heteroatoms. The van der Waals surface area contributed by atoms with Gasteiger partial charge in [-0.25, -0.2) is 0 Å². The Bertz CT molecular complexity index is 364. The minimum absolute atomic E-state index is 0.193. The summed E-state index contributed by atoms with van der Waals surface area (Å²) in [7, 11) is 0. The van der Waals surface area contributed by atoms with Crippen LogP contribution in [0.3, 0.4) is 0 Å². The summed E-state index contributed by atoms with van der Waals surface area (Å²) < 4.78 is 0. The number of benzene rings is 1. The molecule has 0 amide bonds. The minimum atomic E-state index is -1.04. The molecule has 1 aromatic carbocycles. The van der Waals surface area contributed by atoms with Gasteiger partial charge in [-0.3, -0.25) is 4.79 Å². The first-order chi connectivity index (χ1) is 7.00. The van der Waals surface area contributed by atoms with Crippen molar-refractivity contribution in [3.05, 3.63) is 23.8 Å². The maximum atomic E-state index is 10.4. The summed E-state index contributed by atoms with van der Waals surface area (Å²) in [5, 5.41) is 26.8. The maximum Gasteiger partial charge on any atom is 0.320 e. The number of rotatable bonds is 4. The molecule has 0 aromatic heterocycles. The highest BCUT2D eigenvalue weighted by Crippen LogP contribution is 2.25. The van der Waals surface area contributed by atoms with Gasteiger partial charge in [0.05, 0.1) is 0 Å². The Morgan fingerprint density at radius 3 is 2.53 bits per heavy atom. The van der Waals surface area contributed by atoms with Crippen molar-refractivity contribution in [1.29, 1.82) is 0 Å². The average molecular weight is 211 g/mol. The average Bonchev–Trinajstić information content (AvgIpc) is 2.19. The number of hydrogen-bond acceptors (Lipinski definition) is 4. The number of carboxylic acid groups (broad SMARTS) is 1. The van der Waals surface area contributed by atoms with Crippen LogP contribution in [0.25, 0.3) is 0 Å². The van der Waals surface area contributed by atoms with Gasteiger partial charge in [0.1, 0.15) is 6.04 Å². The van der Waals surface area contributed by atoms with Crippen LogP contribution >= 0.6 is 0 Å². The van der Waals surface area contributed by atoms with Crippen LogP contribution in [0.4, 0.5) is 0 Å². The molecule has 0 saturated carbocycles. The van der Waals surface area contributed by atoms with Gasteiger partial charge in [-0.1, -0.05) is 6.07 Å². The number of phenols is 2. The van der Waals surface area contributed by atoms with Crippen molar-refractivity contribution in [1.82, 2.24) is 0 Å². The highest BCUT2D eigenvalue weighted by molar-refractivity contribution is 5.73. The monoisotopic (exact) mass is 211 g/mol. The van der Waals surface area contributed by atoms with Crippen molar-refractivity contribution in [3.8, 4) is 11.5 Å². The van der Waals surface area contributed by atoms with Crippen LogP contribution in [0.5, 0.6) is 11.5 Å². The fraction of sp³-hybridized carbons (Fsp3) is 0.300. The Balaban J connectivity index is 2.58. The molecule has 0 aliphatic carbocycles. The molecule has 0 spiro atoms. The molecule has 1 rings (SSSR count). The molecule has 0 aliphatic heterocycles. The molecule has 1 aromatic rings. The van der Waals surface area contributed by atoms with Crippen LogP contribution in [0, 0.1) is 0 Å². The van der Waals surface area contributed by atoms with E-state index in [2.05, 4.69) is 0 Å². The van der Waals surface area contributed by atoms with E-state index in [1.54, 1.807) is 6.07 Å². The highest BCUT2D eigenvalue weighted by Gasteiger charge is 2.11. The van der Waals surface area contributed by atoms with E-state index in [1.165, 1.54) is 12.1 Å². The smallest absolute Gasteiger partial charge is 0.320 e. The van der Waals surface area contributed by atoms with E-state index in [0.717, 1.165) is 5.56 Å². The zero-order valence-electron chi connectivity index (χ0n) is 8.05. The number of phenolic OH excluding ortho intramolecular Hbond substituents is 2. The minimum Gasteiger partial charge on any atom is -0.504 e. The molecule has 0 saturated heterocycles. The van der Waals surface area contributed by atoms with Gasteiger partial charge in [0.25, 0.3) is 0 Å². The summed E-state index contributed by atoms with van der Waals surface area (Å²) in [6.07, 6.45) is 0.737. The lowest BCUT2D eigenvalue weighted by Crippen LogP contribution is -2.30. The van der Waals surface area contributed by atoms with Crippen LogP contribution in [0.15, 0.2) is 18.2 Å². The van der Waals surface area contributed by atoms with Gasteiger partial charge in [-0.2, -0.15) is 0 Å². The topological polar surface area (TPSA) is 104 Å². The third-order valence-electron chi connectivity index (χ3n) is 2.10. The number of carboxylic acids is 1. The van der Waals surface area contributed by atoms with Crippen LogP contribution in [-0.4, -0.2) is 27.3 Å². The van der Waals surface area contributed by atoms with Gasteiger partial charge in [0.2, 0.25) is 0 Å². The number of nitrogens with two attached hydrogens (primary N) is 1. The summed E-state index contributed by atoms with van der Waals surface area (Å²) in [6.45, 7) is 0. The Morgan fingerprint density at radius 2 is 2.00 bits per heavy atom. The van der Waals surface area contributed by atoms with Crippen LogP contribution < -0.4 is 5.73 Å². The van der Waals surface area contributed by atoms with E-state index in [4.69, 9.17) is 15.9 Å². The third-order valence-corrected chi connectivity index (χ3v) is 2.10. The van der Waals surface area contributed by atoms with E-state index in [0.29, 0.717) is 12.8 Å². The van der Waals surface area contributed by atoms with E-state index in [9.17, 15) is 9.90 Å². The lowest BCUT2D eigenvalue weighted by atomic mass is 10.1. The molecule has 0 aliphatic rings. The number of hydrogen-bond donors (Lipinski definition) is 4. The fourth-order valence-electron chi connectivity index (χ4n) is 1.17. The third kappa shape index (κ3) is 3.14. The molecule has 0 radical (unpaired) electrons. The molecule has 82 valence electrons. The van der Waals surface area contributed by atoms with Crippen LogP contribution in [-0.2, 0) is 11.2 Å². The summed E-state index contributed by atoms with van der Waals surface area (Å²) in [5.74, 6) is -1.45. The molecular formula is C10H13NO4. The molecular weight excluding hydrogens is 198 g/mol. The normalized spacial score (nSPS) is 12.3. The Labute approximate surface area is 86.8 Å². The van der Waals surface area contributed by atoms with E-state index in [1.807, 2.05) is 0 Å². The molecule has 0 bridgehead atoms. The van der Waals surface area contributed by atoms with Crippen molar-refractivity contribution in [2.75, 3.05) is 0 Å². The first-order valence-corrected chi connectivity index (χ1v) is 4.50. The van der Waals surface area contributed by atoms with Crippen LogP contribution in [0.2, 0.25) is 0 Å². The fourth-order valence-corrected chi connectivity index (χ4v) is 1.17. The van der Waals surface area contributed by atoms with Gasteiger partial charge in [-0.05, 0) is 30.5 Å². The van der Waals surface area contributed by atoms with Gasteiger partial charge in [0.15, 0.2) is 11.5 Å². The Hall–Kier alpha value is -1.75. The lowest BCUT2D eigenvalue weighted by Gasteiger charge is -2.06. The SMILES string of the molecule is N[C@@H](CCc1ccc(O)c(O)c1)C(=O)O. The molecule has 0 fully saturated rings. The van der Waals surface area contributed by atoms with Gasteiger partial charge in [-0.15, -0.1) is 0 Å². The number of aryl methyl sites for hydroxylation is 1. The number of aliphatic carboxylic acids is 1. The number of aromatic hydroxyl groups is 2. The molecule has 15 heavy (non-hydrogen) atoms. The zero-order chi connectivity index (χ0) is 11.4. The number of carbonyl (C=O) groups is 1.